The number of nitrogens with zero attached hydrogens (tertiary/aromatic N) is 1. The highest BCUT2D eigenvalue weighted by molar-refractivity contribution is 5.30. The summed E-state index contributed by atoms with van der Waals surface area (Å²) in [4.78, 5) is 2.38. The van der Waals surface area contributed by atoms with E-state index in [1.165, 1.54) is 61.8 Å². The van der Waals surface area contributed by atoms with Gasteiger partial charge >= 0.3 is 0 Å². The smallest absolute Gasteiger partial charge is 0.0383 e. The molecule has 2 unspecified atom stereocenters. The Balaban J connectivity index is 2.89. The lowest BCUT2D eigenvalue weighted by molar-refractivity contribution is 0.391. The van der Waals surface area contributed by atoms with E-state index in [1.54, 1.807) is 0 Å². The van der Waals surface area contributed by atoms with Gasteiger partial charge in [0.15, 0.2) is 0 Å². The van der Waals surface area contributed by atoms with Gasteiger partial charge in [-0.15, -0.1) is 0 Å². The molecule has 1 aliphatic carbocycles. The number of likely N-dealkylation sites (N-methyl/N-ethyl adjacent to an activating group) is 1. The van der Waals surface area contributed by atoms with E-state index in [0.717, 1.165) is 24.9 Å². The molecule has 1 saturated carbocycles. The quantitative estimate of drug-likeness (QED) is 0.359. The van der Waals surface area contributed by atoms with E-state index in [2.05, 4.69) is 58.8 Å². The molecule has 0 aromatic carbocycles. The normalized spacial score (nSPS) is 23.3. The molecular formula is C23H41N. The van der Waals surface area contributed by atoms with Crippen LogP contribution in [0.1, 0.15) is 79.6 Å². The van der Waals surface area contributed by atoms with E-state index in [9.17, 15) is 0 Å². The summed E-state index contributed by atoms with van der Waals surface area (Å²) in [7, 11) is 0. The molecule has 1 rings (SSSR count). The molecular weight excluding hydrogens is 290 g/mol. The first kappa shape index (κ1) is 21.1. The van der Waals surface area contributed by atoms with Gasteiger partial charge < -0.3 is 4.90 Å². The molecule has 1 nitrogen and oxygen atoms in total. The SMILES string of the molecule is C=C(C)CN(CC)C(=C)/C(=C/C1CCCCC(C)CCC1)C(C)C. The summed E-state index contributed by atoms with van der Waals surface area (Å²) < 4.78 is 0. The van der Waals surface area contributed by atoms with Gasteiger partial charge in [-0.1, -0.05) is 77.7 Å². The fraction of sp³-hybridized carbons (Fsp3) is 0.739. The molecule has 1 aliphatic rings. The Hall–Kier alpha value is -0.980. The molecule has 138 valence electrons. The Morgan fingerprint density at radius 1 is 1.08 bits per heavy atom. The van der Waals surface area contributed by atoms with Crippen molar-refractivity contribution in [2.75, 3.05) is 13.1 Å². The second-order valence-corrected chi connectivity index (χ2v) is 8.28. The first-order valence-electron chi connectivity index (χ1n) is 10.1. The van der Waals surface area contributed by atoms with Crippen molar-refractivity contribution in [1.82, 2.24) is 4.90 Å². The maximum absolute atomic E-state index is 4.46. The first-order chi connectivity index (χ1) is 11.3. The van der Waals surface area contributed by atoms with Crippen LogP contribution in [0.25, 0.3) is 0 Å². The van der Waals surface area contributed by atoms with E-state index in [1.807, 2.05) is 0 Å². The van der Waals surface area contributed by atoms with Crippen LogP contribution in [0.2, 0.25) is 0 Å². The molecule has 1 fully saturated rings. The minimum absolute atomic E-state index is 0.531. The van der Waals surface area contributed by atoms with Crippen LogP contribution in [-0.2, 0) is 0 Å². The summed E-state index contributed by atoms with van der Waals surface area (Å²) in [5.74, 6) is 2.18. The molecule has 0 heterocycles. The Morgan fingerprint density at radius 2 is 1.67 bits per heavy atom. The van der Waals surface area contributed by atoms with Crippen LogP contribution in [0, 0.1) is 17.8 Å². The monoisotopic (exact) mass is 331 g/mol. The summed E-state index contributed by atoms with van der Waals surface area (Å²) in [6, 6.07) is 0. The van der Waals surface area contributed by atoms with Crippen LogP contribution in [0.5, 0.6) is 0 Å². The van der Waals surface area contributed by atoms with Gasteiger partial charge in [-0.2, -0.15) is 0 Å². The van der Waals surface area contributed by atoms with Crippen LogP contribution in [-0.4, -0.2) is 18.0 Å². The molecule has 0 N–H and O–H groups in total. The minimum atomic E-state index is 0.531. The topological polar surface area (TPSA) is 3.24 Å². The average molecular weight is 332 g/mol. The van der Waals surface area contributed by atoms with Crippen molar-refractivity contribution in [3.05, 3.63) is 36.1 Å². The third-order valence-corrected chi connectivity index (χ3v) is 5.39. The van der Waals surface area contributed by atoms with Gasteiger partial charge in [0.25, 0.3) is 0 Å². The van der Waals surface area contributed by atoms with Crippen LogP contribution < -0.4 is 0 Å². The molecule has 0 aromatic rings. The molecule has 0 aromatic heterocycles. The van der Waals surface area contributed by atoms with Crippen LogP contribution >= 0.6 is 0 Å². The molecule has 0 radical (unpaired) electrons. The van der Waals surface area contributed by atoms with Gasteiger partial charge in [0.2, 0.25) is 0 Å². The van der Waals surface area contributed by atoms with Crippen LogP contribution in [0.4, 0.5) is 0 Å². The summed E-state index contributed by atoms with van der Waals surface area (Å²) in [5, 5.41) is 0. The van der Waals surface area contributed by atoms with Gasteiger partial charge in [-0.3, -0.25) is 0 Å². The summed E-state index contributed by atoms with van der Waals surface area (Å²) in [6.45, 7) is 21.8. The van der Waals surface area contributed by atoms with E-state index in [-0.39, 0.29) is 0 Å². The van der Waals surface area contributed by atoms with Crippen molar-refractivity contribution in [2.24, 2.45) is 17.8 Å². The maximum atomic E-state index is 4.46. The van der Waals surface area contributed by atoms with E-state index in [4.69, 9.17) is 0 Å². The highest BCUT2D eigenvalue weighted by Gasteiger charge is 2.17. The predicted octanol–water partition coefficient (Wildman–Crippen LogP) is 6.98. The fourth-order valence-corrected chi connectivity index (χ4v) is 3.87. The van der Waals surface area contributed by atoms with E-state index < -0.39 is 0 Å². The van der Waals surface area contributed by atoms with Gasteiger partial charge in [0.1, 0.15) is 0 Å². The summed E-state index contributed by atoms with van der Waals surface area (Å²) >= 11 is 0. The number of hydrogen-bond acceptors (Lipinski definition) is 1. The zero-order chi connectivity index (χ0) is 18.1. The Labute approximate surface area is 151 Å². The molecule has 0 saturated heterocycles. The molecule has 24 heavy (non-hydrogen) atoms. The Morgan fingerprint density at radius 3 is 2.25 bits per heavy atom. The standard InChI is InChI=1S/C23H41N/c1-8-24(17-18(2)3)21(7)23(19(4)5)16-22-14-10-9-12-20(6)13-11-15-22/h16,19-20,22H,2,7-15,17H2,1,3-6H3/b23-16+. The zero-order valence-corrected chi connectivity index (χ0v) is 17.0. The predicted molar refractivity (Wildman–Crippen MR) is 109 cm³/mol. The Bertz CT molecular complexity index is 429. The summed E-state index contributed by atoms with van der Waals surface area (Å²) in [5.41, 5.74) is 3.87. The first-order valence-corrected chi connectivity index (χ1v) is 10.1. The summed E-state index contributed by atoms with van der Waals surface area (Å²) in [6.07, 6.45) is 12.3. The van der Waals surface area contributed by atoms with E-state index in [0.29, 0.717) is 5.92 Å². The maximum Gasteiger partial charge on any atom is 0.0383 e. The second-order valence-electron chi connectivity index (χ2n) is 8.28. The molecule has 2 atom stereocenters. The van der Waals surface area contributed by atoms with Gasteiger partial charge in [0.05, 0.1) is 0 Å². The third-order valence-electron chi connectivity index (χ3n) is 5.39. The molecule has 0 aliphatic heterocycles. The number of hydrogen-bond donors (Lipinski definition) is 0. The van der Waals surface area contributed by atoms with Crippen molar-refractivity contribution in [1.29, 1.82) is 0 Å². The molecule has 1 heteroatoms. The van der Waals surface area contributed by atoms with Gasteiger partial charge in [-0.25, -0.2) is 0 Å². The third kappa shape index (κ3) is 7.28. The minimum Gasteiger partial charge on any atom is -0.368 e. The van der Waals surface area contributed by atoms with Crippen molar-refractivity contribution in [3.63, 3.8) is 0 Å². The van der Waals surface area contributed by atoms with Gasteiger partial charge in [-0.05, 0) is 50.0 Å². The van der Waals surface area contributed by atoms with Crippen molar-refractivity contribution in [3.8, 4) is 0 Å². The van der Waals surface area contributed by atoms with E-state index >= 15 is 0 Å². The van der Waals surface area contributed by atoms with Gasteiger partial charge in [0, 0.05) is 18.8 Å². The average Bonchev–Trinajstić information content (AvgIpc) is 2.61. The fourth-order valence-electron chi connectivity index (χ4n) is 3.87. The lowest BCUT2D eigenvalue weighted by atomic mass is 9.89. The highest BCUT2D eigenvalue weighted by Crippen LogP contribution is 2.30. The molecule has 0 spiro atoms. The largest absolute Gasteiger partial charge is 0.368 e. The molecule has 0 amide bonds. The van der Waals surface area contributed by atoms with Crippen molar-refractivity contribution >= 4 is 0 Å². The highest BCUT2D eigenvalue weighted by atomic mass is 15.1. The zero-order valence-electron chi connectivity index (χ0n) is 17.0. The van der Waals surface area contributed by atoms with Crippen LogP contribution in [0.3, 0.4) is 0 Å². The second kappa shape index (κ2) is 10.8. The lowest BCUT2D eigenvalue weighted by Crippen LogP contribution is -2.26. The Kier molecular flexibility index (Phi) is 9.48. The number of allylic oxidation sites excluding steroid dienone is 2. The van der Waals surface area contributed by atoms with Crippen molar-refractivity contribution in [2.45, 2.75) is 79.6 Å². The lowest BCUT2D eigenvalue weighted by Gasteiger charge is -2.30. The molecule has 0 bridgehead atoms. The van der Waals surface area contributed by atoms with Crippen LogP contribution in [0.15, 0.2) is 36.1 Å². The number of rotatable bonds is 7. The van der Waals surface area contributed by atoms with Crippen molar-refractivity contribution < 1.29 is 0 Å².